The van der Waals surface area contributed by atoms with Gasteiger partial charge in [0.05, 0.1) is 7.11 Å². The van der Waals surface area contributed by atoms with Crippen LogP contribution in [0.25, 0.3) is 11.3 Å². The van der Waals surface area contributed by atoms with E-state index in [0.29, 0.717) is 29.0 Å². The summed E-state index contributed by atoms with van der Waals surface area (Å²) in [6.07, 6.45) is 0.350. The lowest BCUT2D eigenvalue weighted by molar-refractivity contribution is 0.414. The molecule has 0 atom stereocenters. The standard InChI is InChI=1S/C18H17FN4O2/c1-25-14-4-2-3-11(9-14)10-15-16(12-5-7-13(19)8-6-12)22-23(17(15)24)18(20)21/h2-9,24H,10H2,1H3,(H3,20,21). The fraction of sp³-hybridized carbons (Fsp3) is 0.111. The van der Waals surface area contributed by atoms with Gasteiger partial charge in [-0.05, 0) is 42.0 Å². The molecule has 128 valence electrons. The fourth-order valence-corrected chi connectivity index (χ4v) is 2.60. The molecule has 0 saturated carbocycles. The maximum atomic E-state index is 13.2. The summed E-state index contributed by atoms with van der Waals surface area (Å²) in [5.74, 6) is -0.292. The van der Waals surface area contributed by atoms with Gasteiger partial charge in [-0.2, -0.15) is 9.78 Å². The Morgan fingerprint density at radius 2 is 2.00 bits per heavy atom. The molecule has 0 saturated heterocycles. The number of nitrogen functional groups attached to an aromatic ring is 1. The lowest BCUT2D eigenvalue weighted by atomic mass is 10.0. The highest BCUT2D eigenvalue weighted by molar-refractivity contribution is 5.80. The summed E-state index contributed by atoms with van der Waals surface area (Å²) >= 11 is 0. The molecule has 0 bridgehead atoms. The first-order chi connectivity index (χ1) is 12.0. The third-order valence-corrected chi connectivity index (χ3v) is 3.82. The summed E-state index contributed by atoms with van der Waals surface area (Å²) in [7, 11) is 1.58. The van der Waals surface area contributed by atoms with Crippen molar-refractivity contribution in [2.45, 2.75) is 6.42 Å². The first-order valence-electron chi connectivity index (χ1n) is 7.53. The number of halogens is 1. The van der Waals surface area contributed by atoms with Crippen LogP contribution < -0.4 is 10.5 Å². The van der Waals surface area contributed by atoms with Crippen molar-refractivity contribution in [3.05, 3.63) is 65.5 Å². The van der Waals surface area contributed by atoms with Crippen molar-refractivity contribution in [1.82, 2.24) is 9.78 Å². The summed E-state index contributed by atoms with van der Waals surface area (Å²) < 4.78 is 19.4. The van der Waals surface area contributed by atoms with E-state index in [1.165, 1.54) is 12.1 Å². The van der Waals surface area contributed by atoms with Gasteiger partial charge < -0.3 is 15.6 Å². The van der Waals surface area contributed by atoms with Crippen LogP contribution in [-0.4, -0.2) is 28.0 Å². The van der Waals surface area contributed by atoms with Crippen molar-refractivity contribution in [3.63, 3.8) is 0 Å². The summed E-state index contributed by atoms with van der Waals surface area (Å²) in [4.78, 5) is 0. The van der Waals surface area contributed by atoms with Gasteiger partial charge in [-0.25, -0.2) is 4.39 Å². The van der Waals surface area contributed by atoms with Crippen molar-refractivity contribution in [1.29, 1.82) is 5.41 Å². The largest absolute Gasteiger partial charge is 0.497 e. The molecule has 0 aliphatic carbocycles. The van der Waals surface area contributed by atoms with Gasteiger partial charge in [0.25, 0.3) is 0 Å². The maximum Gasteiger partial charge on any atom is 0.221 e. The van der Waals surface area contributed by atoms with E-state index < -0.39 is 5.96 Å². The van der Waals surface area contributed by atoms with Gasteiger partial charge in [0.15, 0.2) is 0 Å². The number of nitrogens with zero attached hydrogens (tertiary/aromatic N) is 2. The average molecular weight is 340 g/mol. The van der Waals surface area contributed by atoms with Crippen LogP contribution in [0.2, 0.25) is 0 Å². The minimum atomic E-state index is -0.405. The molecular weight excluding hydrogens is 323 g/mol. The van der Waals surface area contributed by atoms with E-state index in [9.17, 15) is 9.50 Å². The zero-order valence-electron chi connectivity index (χ0n) is 13.5. The second kappa shape index (κ2) is 6.64. The lowest BCUT2D eigenvalue weighted by Crippen LogP contribution is -2.21. The Kier molecular flexibility index (Phi) is 4.38. The molecule has 1 heterocycles. The van der Waals surface area contributed by atoms with E-state index in [2.05, 4.69) is 5.10 Å². The molecule has 0 aliphatic heterocycles. The van der Waals surface area contributed by atoms with Crippen LogP contribution in [0.1, 0.15) is 11.1 Å². The molecule has 25 heavy (non-hydrogen) atoms. The Morgan fingerprint density at radius 3 is 2.64 bits per heavy atom. The van der Waals surface area contributed by atoms with Crippen LogP contribution >= 0.6 is 0 Å². The summed E-state index contributed by atoms with van der Waals surface area (Å²) in [6, 6.07) is 13.2. The van der Waals surface area contributed by atoms with Crippen molar-refractivity contribution in [2.75, 3.05) is 7.11 Å². The number of benzene rings is 2. The van der Waals surface area contributed by atoms with Crippen LogP contribution in [0.3, 0.4) is 0 Å². The molecule has 0 aliphatic rings. The van der Waals surface area contributed by atoms with Gasteiger partial charge in [-0.1, -0.05) is 12.1 Å². The van der Waals surface area contributed by atoms with Crippen LogP contribution in [0.15, 0.2) is 48.5 Å². The number of hydrogen-bond acceptors (Lipinski definition) is 4. The molecule has 4 N–H and O–H groups in total. The van der Waals surface area contributed by atoms with Gasteiger partial charge in [-0.15, -0.1) is 0 Å². The molecule has 3 aromatic rings. The number of rotatable bonds is 4. The van der Waals surface area contributed by atoms with Gasteiger partial charge >= 0.3 is 0 Å². The molecule has 1 aromatic heterocycles. The molecule has 0 radical (unpaired) electrons. The van der Waals surface area contributed by atoms with Crippen molar-refractivity contribution < 1.29 is 14.2 Å². The predicted octanol–water partition coefficient (Wildman–Crippen LogP) is 2.74. The molecule has 7 heteroatoms. The number of hydrogen-bond donors (Lipinski definition) is 3. The smallest absolute Gasteiger partial charge is 0.221 e. The number of nitrogens with two attached hydrogens (primary N) is 1. The number of aromatic hydroxyl groups is 1. The molecule has 6 nitrogen and oxygen atoms in total. The topological polar surface area (TPSA) is 97.2 Å². The molecular formula is C18H17FN4O2. The quantitative estimate of drug-likeness (QED) is 0.502. The van der Waals surface area contributed by atoms with E-state index >= 15 is 0 Å². The van der Waals surface area contributed by atoms with Crippen LogP contribution in [-0.2, 0) is 6.42 Å². The summed E-state index contributed by atoms with van der Waals surface area (Å²) in [5, 5.41) is 22.2. The molecule has 2 aromatic carbocycles. The monoisotopic (exact) mass is 340 g/mol. The van der Waals surface area contributed by atoms with Gasteiger partial charge in [0.1, 0.15) is 17.3 Å². The normalized spacial score (nSPS) is 10.6. The van der Waals surface area contributed by atoms with Gasteiger partial charge in [0.2, 0.25) is 11.8 Å². The number of methoxy groups -OCH3 is 1. The number of nitrogens with one attached hydrogen (secondary N) is 1. The Labute approximate surface area is 143 Å². The number of aromatic nitrogens is 2. The first kappa shape index (κ1) is 16.5. The van der Waals surface area contributed by atoms with Crippen LogP contribution in [0.4, 0.5) is 4.39 Å². The molecule has 3 rings (SSSR count). The Morgan fingerprint density at radius 1 is 1.28 bits per heavy atom. The van der Waals surface area contributed by atoms with E-state index in [4.69, 9.17) is 15.9 Å². The highest BCUT2D eigenvalue weighted by atomic mass is 19.1. The Bertz CT molecular complexity index is 919. The fourth-order valence-electron chi connectivity index (χ4n) is 2.60. The van der Waals surface area contributed by atoms with Crippen molar-refractivity contribution in [2.24, 2.45) is 5.73 Å². The maximum absolute atomic E-state index is 13.2. The molecule has 0 amide bonds. The van der Waals surface area contributed by atoms with E-state index in [1.54, 1.807) is 19.2 Å². The Hall–Kier alpha value is -3.35. The van der Waals surface area contributed by atoms with Crippen molar-refractivity contribution in [3.8, 4) is 22.9 Å². The van der Waals surface area contributed by atoms with E-state index in [1.807, 2.05) is 24.3 Å². The second-order valence-corrected chi connectivity index (χ2v) is 5.48. The van der Waals surface area contributed by atoms with Crippen LogP contribution in [0.5, 0.6) is 11.6 Å². The Balaban J connectivity index is 2.10. The molecule has 0 spiro atoms. The zero-order valence-corrected chi connectivity index (χ0v) is 13.5. The lowest BCUT2D eigenvalue weighted by Gasteiger charge is -2.06. The summed E-state index contributed by atoms with van der Waals surface area (Å²) in [5.41, 5.74) is 7.93. The van der Waals surface area contributed by atoms with Crippen LogP contribution in [0, 0.1) is 11.2 Å². The minimum Gasteiger partial charge on any atom is -0.497 e. The zero-order chi connectivity index (χ0) is 18.0. The number of ether oxygens (including phenoxy) is 1. The highest BCUT2D eigenvalue weighted by Gasteiger charge is 2.20. The first-order valence-corrected chi connectivity index (χ1v) is 7.53. The van der Waals surface area contributed by atoms with E-state index in [0.717, 1.165) is 10.2 Å². The minimum absolute atomic E-state index is 0.213. The van der Waals surface area contributed by atoms with E-state index in [-0.39, 0.29) is 11.7 Å². The molecule has 0 fully saturated rings. The third-order valence-electron chi connectivity index (χ3n) is 3.82. The second-order valence-electron chi connectivity index (χ2n) is 5.48. The third kappa shape index (κ3) is 3.30. The SMILES string of the molecule is COc1cccc(Cc2c(-c3ccc(F)cc3)nn(C(=N)N)c2O)c1. The van der Waals surface area contributed by atoms with Gasteiger partial charge in [0, 0.05) is 17.5 Å². The predicted molar refractivity (Wildman–Crippen MR) is 92.4 cm³/mol. The van der Waals surface area contributed by atoms with Crippen molar-refractivity contribution >= 4 is 5.96 Å². The summed E-state index contributed by atoms with van der Waals surface area (Å²) in [6.45, 7) is 0. The average Bonchev–Trinajstić information content (AvgIpc) is 2.93. The highest BCUT2D eigenvalue weighted by Crippen LogP contribution is 2.32. The van der Waals surface area contributed by atoms with Gasteiger partial charge in [-0.3, -0.25) is 5.41 Å². The molecule has 0 unspecified atom stereocenters.